The second-order valence-corrected chi connectivity index (χ2v) is 11.9. The number of nitrogens with zero attached hydrogens (tertiary/aromatic N) is 5. The lowest BCUT2D eigenvalue weighted by molar-refractivity contribution is -0.122. The minimum absolute atomic E-state index is 0.203. The Morgan fingerprint density at radius 2 is 2.06 bits per heavy atom. The van der Waals surface area contributed by atoms with Crippen molar-refractivity contribution in [2.45, 2.75) is 54.5 Å². The standard InChI is InChI=1S/C25H31ClN6O3S/c1-18-14-23(32(29-18)9-8-30-10-12-35-13-11-30)31-16-19(36(34)22-5-3-2-4-20(22)26)15-21(31)24(33)28-25(17-27)6-7-25/h2-5,14,19,21H,6-13,15-16H2,1H3,(H,28,33)/t19-,21+,36?/m1/s1. The van der Waals surface area contributed by atoms with Crippen LogP contribution in [0.15, 0.2) is 35.2 Å². The Morgan fingerprint density at radius 3 is 2.75 bits per heavy atom. The molecule has 1 unspecified atom stereocenters. The number of hydrogen-bond acceptors (Lipinski definition) is 7. The molecule has 192 valence electrons. The summed E-state index contributed by atoms with van der Waals surface area (Å²) in [5, 5.41) is 17.4. The Balaban J connectivity index is 1.40. The lowest BCUT2D eigenvalue weighted by atomic mass is 10.1. The zero-order valence-electron chi connectivity index (χ0n) is 20.4. The van der Waals surface area contributed by atoms with Gasteiger partial charge in [-0.2, -0.15) is 10.4 Å². The number of aryl methyl sites for hydroxylation is 1. The van der Waals surface area contributed by atoms with Gasteiger partial charge >= 0.3 is 0 Å². The van der Waals surface area contributed by atoms with Gasteiger partial charge in [0, 0.05) is 32.2 Å². The van der Waals surface area contributed by atoms with Crippen LogP contribution in [0.5, 0.6) is 0 Å². The highest BCUT2D eigenvalue weighted by atomic mass is 35.5. The highest BCUT2D eigenvalue weighted by Gasteiger charge is 2.48. The number of morpholine rings is 1. The predicted octanol–water partition coefficient (Wildman–Crippen LogP) is 2.10. The molecule has 1 aromatic carbocycles. The van der Waals surface area contributed by atoms with Crippen LogP contribution in [0.2, 0.25) is 5.02 Å². The van der Waals surface area contributed by atoms with Crippen LogP contribution >= 0.6 is 11.6 Å². The molecule has 1 saturated carbocycles. The smallest absolute Gasteiger partial charge is 0.244 e. The van der Waals surface area contributed by atoms with Gasteiger partial charge < -0.3 is 15.0 Å². The quantitative estimate of drug-likeness (QED) is 0.557. The fraction of sp³-hybridized carbons (Fsp3) is 0.560. The van der Waals surface area contributed by atoms with Gasteiger partial charge in [0.05, 0.1) is 57.5 Å². The summed E-state index contributed by atoms with van der Waals surface area (Å²) in [6, 6.07) is 10.8. The van der Waals surface area contributed by atoms with Crippen LogP contribution in [-0.2, 0) is 26.9 Å². The van der Waals surface area contributed by atoms with Crippen LogP contribution in [0.3, 0.4) is 0 Å². The van der Waals surface area contributed by atoms with E-state index in [9.17, 15) is 14.3 Å². The Hall–Kier alpha value is -2.45. The molecule has 3 heterocycles. The summed E-state index contributed by atoms with van der Waals surface area (Å²) in [5.41, 5.74) is 0.0902. The molecule has 5 rings (SSSR count). The minimum atomic E-state index is -1.39. The molecule has 0 bridgehead atoms. The molecule has 3 atom stereocenters. The van der Waals surface area contributed by atoms with E-state index in [0.29, 0.717) is 42.3 Å². The summed E-state index contributed by atoms with van der Waals surface area (Å²) in [4.78, 5) is 18.4. The molecule has 0 radical (unpaired) electrons. The second kappa shape index (κ2) is 10.5. The van der Waals surface area contributed by atoms with Gasteiger partial charge in [-0.3, -0.25) is 13.9 Å². The van der Waals surface area contributed by atoms with Crippen molar-refractivity contribution in [1.29, 1.82) is 5.26 Å². The highest BCUT2D eigenvalue weighted by molar-refractivity contribution is 7.85. The van der Waals surface area contributed by atoms with E-state index in [2.05, 4.69) is 16.3 Å². The summed E-state index contributed by atoms with van der Waals surface area (Å²) in [6.07, 6.45) is 1.72. The Kier molecular flexibility index (Phi) is 7.35. The van der Waals surface area contributed by atoms with Gasteiger partial charge in [-0.1, -0.05) is 23.7 Å². The number of carbonyl (C=O) groups is 1. The van der Waals surface area contributed by atoms with E-state index in [1.54, 1.807) is 12.1 Å². The summed E-state index contributed by atoms with van der Waals surface area (Å²) in [6.45, 7) is 7.11. The Morgan fingerprint density at radius 1 is 1.31 bits per heavy atom. The summed E-state index contributed by atoms with van der Waals surface area (Å²) < 4.78 is 21.0. The van der Waals surface area contributed by atoms with E-state index in [1.807, 2.05) is 34.7 Å². The number of hydrogen-bond donors (Lipinski definition) is 1. The van der Waals surface area contributed by atoms with Crippen LogP contribution in [0.25, 0.3) is 0 Å². The molecular formula is C25H31ClN6O3S. The van der Waals surface area contributed by atoms with Gasteiger partial charge in [0.25, 0.3) is 0 Å². The van der Waals surface area contributed by atoms with Crippen molar-refractivity contribution in [2.75, 3.05) is 44.3 Å². The summed E-state index contributed by atoms with van der Waals surface area (Å²) in [7, 11) is -1.39. The largest absolute Gasteiger partial charge is 0.379 e. The predicted molar refractivity (Wildman–Crippen MR) is 137 cm³/mol. The monoisotopic (exact) mass is 530 g/mol. The SMILES string of the molecule is Cc1cc(N2C[C@H](S(=O)c3ccccc3Cl)C[C@H]2C(=O)NC2(C#N)CC2)n(CCN2CCOCC2)n1. The third-order valence-corrected chi connectivity index (χ3v) is 9.33. The van der Waals surface area contributed by atoms with Gasteiger partial charge in [-0.05, 0) is 38.3 Å². The number of ether oxygens (including phenoxy) is 1. The van der Waals surface area contributed by atoms with E-state index in [1.165, 1.54) is 0 Å². The van der Waals surface area contributed by atoms with E-state index >= 15 is 0 Å². The molecule has 36 heavy (non-hydrogen) atoms. The van der Waals surface area contributed by atoms with Gasteiger partial charge in [-0.15, -0.1) is 0 Å². The number of amides is 1. The zero-order valence-corrected chi connectivity index (χ0v) is 21.9. The number of nitriles is 1. The Bertz CT molecular complexity index is 1190. The Labute approximate surface area is 218 Å². The van der Waals surface area contributed by atoms with Crippen molar-refractivity contribution in [3.63, 3.8) is 0 Å². The van der Waals surface area contributed by atoms with E-state index in [0.717, 1.165) is 44.4 Å². The van der Waals surface area contributed by atoms with Gasteiger partial charge in [0.1, 0.15) is 17.4 Å². The van der Waals surface area contributed by atoms with Crippen molar-refractivity contribution in [3.05, 3.63) is 41.0 Å². The summed E-state index contributed by atoms with van der Waals surface area (Å²) in [5.74, 6) is 0.632. The zero-order chi connectivity index (χ0) is 25.3. The molecule has 1 aromatic heterocycles. The third-order valence-electron chi connectivity index (χ3n) is 7.15. The molecule has 1 aliphatic carbocycles. The van der Waals surface area contributed by atoms with Crippen LogP contribution in [0.4, 0.5) is 5.82 Å². The van der Waals surface area contributed by atoms with Crippen LogP contribution in [-0.4, -0.2) is 81.0 Å². The van der Waals surface area contributed by atoms with Crippen molar-refractivity contribution in [3.8, 4) is 6.07 Å². The molecule has 1 amide bonds. The number of halogens is 1. The van der Waals surface area contributed by atoms with Gasteiger partial charge in [-0.25, -0.2) is 4.68 Å². The molecule has 9 nitrogen and oxygen atoms in total. The molecule has 1 N–H and O–H groups in total. The van der Waals surface area contributed by atoms with Crippen molar-refractivity contribution in [2.24, 2.45) is 0 Å². The first kappa shape index (κ1) is 25.2. The number of aromatic nitrogens is 2. The fourth-order valence-electron chi connectivity index (χ4n) is 4.94. The minimum Gasteiger partial charge on any atom is -0.379 e. The van der Waals surface area contributed by atoms with Crippen LogP contribution < -0.4 is 10.2 Å². The van der Waals surface area contributed by atoms with Crippen LogP contribution in [0.1, 0.15) is 25.0 Å². The average Bonchev–Trinajstić information content (AvgIpc) is 3.35. The van der Waals surface area contributed by atoms with Crippen molar-refractivity contribution >= 4 is 34.1 Å². The van der Waals surface area contributed by atoms with E-state index in [4.69, 9.17) is 21.4 Å². The first-order valence-corrected chi connectivity index (χ1v) is 14.0. The maximum absolute atomic E-state index is 13.6. The summed E-state index contributed by atoms with van der Waals surface area (Å²) >= 11 is 6.36. The molecular weight excluding hydrogens is 500 g/mol. The topological polar surface area (TPSA) is 103 Å². The number of rotatable bonds is 8. The van der Waals surface area contributed by atoms with E-state index < -0.39 is 22.4 Å². The number of carbonyl (C=O) groups excluding carboxylic acids is 1. The molecule has 0 spiro atoms. The molecule has 2 aromatic rings. The lowest BCUT2D eigenvalue weighted by Gasteiger charge is -2.29. The highest BCUT2D eigenvalue weighted by Crippen LogP contribution is 2.37. The lowest BCUT2D eigenvalue weighted by Crippen LogP contribution is -2.48. The maximum Gasteiger partial charge on any atom is 0.244 e. The molecule has 2 saturated heterocycles. The molecule has 3 fully saturated rings. The third kappa shape index (κ3) is 5.30. The maximum atomic E-state index is 13.6. The normalized spacial score (nSPS) is 24.3. The second-order valence-electron chi connectivity index (χ2n) is 9.76. The van der Waals surface area contributed by atoms with Crippen molar-refractivity contribution in [1.82, 2.24) is 20.0 Å². The van der Waals surface area contributed by atoms with Crippen LogP contribution in [0, 0.1) is 18.3 Å². The number of nitrogens with one attached hydrogen (secondary N) is 1. The van der Waals surface area contributed by atoms with Gasteiger partial charge in [0.15, 0.2) is 0 Å². The molecule has 2 aliphatic heterocycles. The van der Waals surface area contributed by atoms with E-state index in [-0.39, 0.29) is 11.2 Å². The average molecular weight is 531 g/mol. The fourth-order valence-corrected chi connectivity index (χ4v) is 6.79. The number of benzene rings is 1. The molecule has 3 aliphatic rings. The van der Waals surface area contributed by atoms with Gasteiger partial charge in [0.2, 0.25) is 5.91 Å². The first-order valence-electron chi connectivity index (χ1n) is 12.4. The van der Waals surface area contributed by atoms with Crippen molar-refractivity contribution < 1.29 is 13.7 Å². The molecule has 11 heteroatoms. The number of anilines is 1. The first-order chi connectivity index (χ1) is 17.4.